The zero-order valence-corrected chi connectivity index (χ0v) is 10.6. The number of hydrogen-bond donors (Lipinski definition) is 1. The Labute approximate surface area is 106 Å². The zero-order chi connectivity index (χ0) is 12.4. The van der Waals surface area contributed by atoms with E-state index < -0.39 is 6.10 Å². The standard InChI is InChI=1S/C13H15ClN2O/c1-3-16-8-11(7-15-16)13(17)10-4-5-12(14)9(2)6-10/h4-8,13,17H,3H2,1-2H3. The Morgan fingerprint density at radius 1 is 1.41 bits per heavy atom. The lowest BCUT2D eigenvalue weighted by Crippen LogP contribution is -1.99. The summed E-state index contributed by atoms with van der Waals surface area (Å²) in [6, 6.07) is 5.54. The van der Waals surface area contributed by atoms with Gasteiger partial charge in [-0.05, 0) is 31.0 Å². The van der Waals surface area contributed by atoms with Gasteiger partial charge in [0, 0.05) is 23.3 Å². The fourth-order valence-electron chi connectivity index (χ4n) is 1.72. The van der Waals surface area contributed by atoms with E-state index >= 15 is 0 Å². The summed E-state index contributed by atoms with van der Waals surface area (Å²) in [7, 11) is 0. The molecular formula is C13H15ClN2O. The molecule has 0 bridgehead atoms. The van der Waals surface area contributed by atoms with Crippen molar-refractivity contribution in [3.63, 3.8) is 0 Å². The minimum atomic E-state index is -0.647. The number of hydrogen-bond acceptors (Lipinski definition) is 2. The molecule has 0 saturated carbocycles. The molecule has 1 aromatic heterocycles. The van der Waals surface area contributed by atoms with Gasteiger partial charge in [-0.15, -0.1) is 0 Å². The molecular weight excluding hydrogens is 236 g/mol. The van der Waals surface area contributed by atoms with Crippen molar-refractivity contribution < 1.29 is 5.11 Å². The van der Waals surface area contributed by atoms with Crippen molar-refractivity contribution >= 4 is 11.6 Å². The summed E-state index contributed by atoms with van der Waals surface area (Å²) in [5.41, 5.74) is 2.60. The number of aromatic nitrogens is 2. The van der Waals surface area contributed by atoms with Crippen molar-refractivity contribution in [1.82, 2.24) is 9.78 Å². The van der Waals surface area contributed by atoms with E-state index in [2.05, 4.69) is 5.10 Å². The van der Waals surface area contributed by atoms with Gasteiger partial charge < -0.3 is 5.11 Å². The van der Waals surface area contributed by atoms with Gasteiger partial charge in [-0.25, -0.2) is 0 Å². The first kappa shape index (κ1) is 12.1. The fourth-order valence-corrected chi connectivity index (χ4v) is 1.84. The monoisotopic (exact) mass is 250 g/mol. The first-order valence-corrected chi connectivity index (χ1v) is 5.96. The number of rotatable bonds is 3. The second-order valence-corrected chi connectivity index (χ2v) is 4.45. The van der Waals surface area contributed by atoms with E-state index in [0.717, 1.165) is 23.2 Å². The van der Waals surface area contributed by atoms with E-state index in [-0.39, 0.29) is 0 Å². The van der Waals surface area contributed by atoms with E-state index in [1.807, 2.05) is 32.2 Å². The second-order valence-electron chi connectivity index (χ2n) is 4.04. The summed E-state index contributed by atoms with van der Waals surface area (Å²) in [5.74, 6) is 0. The van der Waals surface area contributed by atoms with Gasteiger partial charge in [0.2, 0.25) is 0 Å². The lowest BCUT2D eigenvalue weighted by Gasteiger charge is -2.10. The Morgan fingerprint density at radius 3 is 2.76 bits per heavy atom. The van der Waals surface area contributed by atoms with Gasteiger partial charge in [0.1, 0.15) is 6.10 Å². The maximum absolute atomic E-state index is 10.2. The van der Waals surface area contributed by atoms with E-state index in [0.29, 0.717) is 5.02 Å². The average Bonchev–Trinajstić information content (AvgIpc) is 2.80. The van der Waals surface area contributed by atoms with Crippen LogP contribution in [0.1, 0.15) is 29.7 Å². The van der Waals surface area contributed by atoms with Crippen LogP contribution in [0.4, 0.5) is 0 Å². The van der Waals surface area contributed by atoms with Gasteiger partial charge in [0.25, 0.3) is 0 Å². The van der Waals surface area contributed by atoms with Crippen LogP contribution in [0.2, 0.25) is 5.02 Å². The molecule has 1 N–H and O–H groups in total. The van der Waals surface area contributed by atoms with Crippen molar-refractivity contribution in [1.29, 1.82) is 0 Å². The molecule has 0 amide bonds. The van der Waals surface area contributed by atoms with Gasteiger partial charge in [-0.2, -0.15) is 5.10 Å². The molecule has 1 atom stereocenters. The lowest BCUT2D eigenvalue weighted by molar-refractivity contribution is 0.220. The highest BCUT2D eigenvalue weighted by atomic mass is 35.5. The van der Waals surface area contributed by atoms with Crippen LogP contribution in [0.5, 0.6) is 0 Å². The molecule has 90 valence electrons. The molecule has 0 aliphatic carbocycles. The van der Waals surface area contributed by atoms with Gasteiger partial charge in [-0.3, -0.25) is 4.68 Å². The highest BCUT2D eigenvalue weighted by Gasteiger charge is 2.13. The minimum absolute atomic E-state index is 0.647. The summed E-state index contributed by atoms with van der Waals surface area (Å²) < 4.78 is 1.79. The van der Waals surface area contributed by atoms with Crippen molar-refractivity contribution in [2.45, 2.75) is 26.5 Å². The van der Waals surface area contributed by atoms with E-state index in [1.165, 1.54) is 0 Å². The SMILES string of the molecule is CCn1cc(C(O)c2ccc(Cl)c(C)c2)cn1. The maximum Gasteiger partial charge on any atom is 0.107 e. The summed E-state index contributed by atoms with van der Waals surface area (Å²) in [4.78, 5) is 0. The maximum atomic E-state index is 10.2. The van der Waals surface area contributed by atoms with Crippen LogP contribution in [-0.4, -0.2) is 14.9 Å². The van der Waals surface area contributed by atoms with Crippen molar-refractivity contribution in [2.24, 2.45) is 0 Å². The van der Waals surface area contributed by atoms with Gasteiger partial charge >= 0.3 is 0 Å². The van der Waals surface area contributed by atoms with Crippen molar-refractivity contribution in [2.75, 3.05) is 0 Å². The number of halogens is 1. The van der Waals surface area contributed by atoms with Gasteiger partial charge in [0.05, 0.1) is 6.20 Å². The van der Waals surface area contributed by atoms with Crippen LogP contribution >= 0.6 is 11.6 Å². The Hall–Kier alpha value is -1.32. The molecule has 0 spiro atoms. The highest BCUT2D eigenvalue weighted by molar-refractivity contribution is 6.31. The third-order valence-electron chi connectivity index (χ3n) is 2.79. The normalized spacial score (nSPS) is 12.7. The summed E-state index contributed by atoms with van der Waals surface area (Å²) in [5, 5.41) is 15.1. The zero-order valence-electron chi connectivity index (χ0n) is 9.89. The molecule has 1 heterocycles. The topological polar surface area (TPSA) is 38.0 Å². The van der Waals surface area contributed by atoms with Crippen LogP contribution in [0.25, 0.3) is 0 Å². The molecule has 3 nitrogen and oxygen atoms in total. The van der Waals surface area contributed by atoms with Crippen LogP contribution < -0.4 is 0 Å². The van der Waals surface area contributed by atoms with Crippen LogP contribution in [0.15, 0.2) is 30.6 Å². The molecule has 1 unspecified atom stereocenters. The highest BCUT2D eigenvalue weighted by Crippen LogP contribution is 2.25. The summed E-state index contributed by atoms with van der Waals surface area (Å²) >= 11 is 5.96. The molecule has 17 heavy (non-hydrogen) atoms. The third kappa shape index (κ3) is 2.51. The van der Waals surface area contributed by atoms with Crippen LogP contribution in [0, 0.1) is 6.92 Å². The fraction of sp³-hybridized carbons (Fsp3) is 0.308. The number of aliphatic hydroxyl groups excluding tert-OH is 1. The largest absolute Gasteiger partial charge is 0.384 e. The third-order valence-corrected chi connectivity index (χ3v) is 3.21. The molecule has 4 heteroatoms. The Kier molecular flexibility index (Phi) is 3.50. The molecule has 0 fully saturated rings. The number of nitrogens with zero attached hydrogens (tertiary/aromatic N) is 2. The first-order chi connectivity index (χ1) is 8.11. The molecule has 0 saturated heterocycles. The van der Waals surface area contributed by atoms with Gasteiger partial charge in [-0.1, -0.05) is 23.7 Å². The Bertz CT molecular complexity index is 522. The molecule has 1 aromatic carbocycles. The van der Waals surface area contributed by atoms with Crippen molar-refractivity contribution in [3.05, 3.63) is 52.3 Å². The van der Waals surface area contributed by atoms with Crippen molar-refractivity contribution in [3.8, 4) is 0 Å². The average molecular weight is 251 g/mol. The van der Waals surface area contributed by atoms with Crippen LogP contribution in [0.3, 0.4) is 0 Å². The molecule has 0 aliphatic rings. The lowest BCUT2D eigenvalue weighted by atomic mass is 10.0. The number of benzene rings is 1. The number of aryl methyl sites for hydroxylation is 2. The Balaban J connectivity index is 2.29. The molecule has 2 rings (SSSR count). The smallest absolute Gasteiger partial charge is 0.107 e. The molecule has 2 aromatic rings. The first-order valence-electron chi connectivity index (χ1n) is 5.58. The quantitative estimate of drug-likeness (QED) is 0.910. The summed E-state index contributed by atoms with van der Waals surface area (Å²) in [6.07, 6.45) is 2.90. The Morgan fingerprint density at radius 2 is 2.18 bits per heavy atom. The van der Waals surface area contributed by atoms with E-state index in [9.17, 15) is 5.11 Å². The minimum Gasteiger partial charge on any atom is -0.384 e. The molecule has 0 radical (unpaired) electrons. The second kappa shape index (κ2) is 4.90. The molecule has 0 aliphatic heterocycles. The van der Waals surface area contributed by atoms with Crippen LogP contribution in [-0.2, 0) is 6.54 Å². The van der Waals surface area contributed by atoms with E-state index in [4.69, 9.17) is 11.6 Å². The number of aliphatic hydroxyl groups is 1. The summed E-state index contributed by atoms with van der Waals surface area (Å²) in [6.45, 7) is 4.73. The predicted molar refractivity (Wildman–Crippen MR) is 68.2 cm³/mol. The van der Waals surface area contributed by atoms with E-state index in [1.54, 1.807) is 16.9 Å². The predicted octanol–water partition coefficient (Wildman–Crippen LogP) is 2.95. The van der Waals surface area contributed by atoms with Gasteiger partial charge in [0.15, 0.2) is 0 Å².